The Labute approximate surface area is 134 Å². The summed E-state index contributed by atoms with van der Waals surface area (Å²) in [4.78, 5) is 12.4. The van der Waals surface area contributed by atoms with E-state index in [9.17, 15) is 13.4 Å². The maximum absolute atomic E-state index is 12.6. The van der Waals surface area contributed by atoms with Crippen LogP contribution in [0.5, 0.6) is 17.2 Å². The van der Waals surface area contributed by atoms with E-state index in [2.05, 4.69) is 4.65 Å². The lowest BCUT2D eigenvalue weighted by atomic mass is 10.0. The molecule has 1 fully saturated rings. The van der Waals surface area contributed by atoms with Crippen LogP contribution in [-0.4, -0.2) is 27.5 Å². The number of allylic oxidation sites excluding steroid dienone is 2. The first-order valence-corrected chi connectivity index (χ1v) is 6.70. The van der Waals surface area contributed by atoms with Crippen molar-refractivity contribution in [1.29, 1.82) is 0 Å². The van der Waals surface area contributed by atoms with Gasteiger partial charge in [0.2, 0.25) is 0 Å². The second-order valence-corrected chi connectivity index (χ2v) is 4.50. The van der Waals surface area contributed by atoms with Crippen molar-refractivity contribution < 1.29 is 27.6 Å². The van der Waals surface area contributed by atoms with Crippen LogP contribution < -0.4 is 14.1 Å². The molecule has 23 heavy (non-hydrogen) atoms. The summed E-state index contributed by atoms with van der Waals surface area (Å²) < 4.78 is 39.8. The van der Waals surface area contributed by atoms with Gasteiger partial charge < -0.3 is 14.1 Å². The molecule has 5 radical (unpaired) electrons. The van der Waals surface area contributed by atoms with E-state index in [-0.39, 0.29) is 22.8 Å². The first kappa shape index (κ1) is 17.3. The van der Waals surface area contributed by atoms with Crippen LogP contribution in [0.15, 0.2) is 24.3 Å². The Hall–Kier alpha value is -2.05. The van der Waals surface area contributed by atoms with Crippen LogP contribution in [0.3, 0.4) is 0 Å². The van der Waals surface area contributed by atoms with E-state index in [1.807, 2.05) is 25.7 Å². The third kappa shape index (κ3) is 4.47. The lowest BCUT2D eigenvalue weighted by molar-refractivity contribution is 0.104. The summed E-state index contributed by atoms with van der Waals surface area (Å²) in [6.45, 7) is 0. The molecule has 0 heterocycles. The van der Waals surface area contributed by atoms with Gasteiger partial charge in [0.1, 0.15) is 22.8 Å². The monoisotopic (exact) mass is 319 g/mol. The molecule has 2 rings (SSSR count). The summed E-state index contributed by atoms with van der Waals surface area (Å²) in [7, 11) is -0.367. The number of ketones is 1. The number of hydrogen-bond donors (Lipinski definition) is 0. The number of rotatable bonds is 7. The summed E-state index contributed by atoms with van der Waals surface area (Å²) in [5, 5.41) is 0. The number of halogens is 2. The Balaban J connectivity index is 2.34. The van der Waals surface area contributed by atoms with Crippen LogP contribution in [0.25, 0.3) is 0 Å². The lowest BCUT2D eigenvalue weighted by Crippen LogP contribution is -2.13. The fourth-order valence-corrected chi connectivity index (χ4v) is 2.03. The second kappa shape index (κ2) is 7.99. The van der Waals surface area contributed by atoms with Crippen molar-refractivity contribution in [2.24, 2.45) is 0 Å². The molecule has 0 atom stereocenters. The average molecular weight is 319 g/mol. The molecule has 4 nitrogen and oxygen atoms in total. The van der Waals surface area contributed by atoms with Gasteiger partial charge in [-0.25, -0.2) is 8.63 Å². The maximum atomic E-state index is 12.6. The van der Waals surface area contributed by atoms with Crippen molar-refractivity contribution >= 4 is 13.3 Å². The van der Waals surface area contributed by atoms with Crippen LogP contribution >= 0.6 is 0 Å². The quantitative estimate of drug-likeness (QED) is 0.440. The first-order valence-electron chi connectivity index (χ1n) is 6.70. The average Bonchev–Trinajstić information content (AvgIpc) is 3.04. The number of carbonyl (C=O) groups is 1. The summed E-state index contributed by atoms with van der Waals surface area (Å²) in [5.41, 5.74) is -0.0867. The summed E-state index contributed by atoms with van der Waals surface area (Å²) in [6.07, 6.45) is 10.1. The van der Waals surface area contributed by atoms with Gasteiger partial charge in [-0.15, -0.1) is 0 Å². The van der Waals surface area contributed by atoms with Gasteiger partial charge in [-0.05, 0) is 31.8 Å². The molecule has 0 N–H and O–H groups in total. The third-order valence-electron chi connectivity index (χ3n) is 3.07. The van der Waals surface area contributed by atoms with Gasteiger partial charge >= 0.3 is 7.47 Å². The Morgan fingerprint density at radius 2 is 1.74 bits per heavy atom. The number of benzene rings is 1. The molecule has 1 saturated carbocycles. The van der Waals surface area contributed by atoms with Gasteiger partial charge in [0.05, 0.1) is 14.2 Å². The molecule has 0 saturated heterocycles. The minimum atomic E-state index is -3.07. The third-order valence-corrected chi connectivity index (χ3v) is 3.07. The van der Waals surface area contributed by atoms with Gasteiger partial charge in [-0.2, -0.15) is 0 Å². The van der Waals surface area contributed by atoms with Gasteiger partial charge in [0, 0.05) is 18.1 Å². The SMILES string of the molecule is COc1cc(OC)c(C(=O)/C=C/[C]2[CH][CH][CH][CH]2)c(OB(F)F)c1. The van der Waals surface area contributed by atoms with E-state index < -0.39 is 13.3 Å². The summed E-state index contributed by atoms with van der Waals surface area (Å²) in [5.74, 6) is 0.350. The lowest BCUT2D eigenvalue weighted by Gasteiger charge is -2.14. The van der Waals surface area contributed by atoms with Crippen LogP contribution in [-0.2, 0) is 0 Å². The van der Waals surface area contributed by atoms with Crippen LogP contribution in [0, 0.1) is 31.6 Å². The van der Waals surface area contributed by atoms with Gasteiger partial charge in [0.15, 0.2) is 5.78 Å². The Morgan fingerprint density at radius 1 is 1.09 bits per heavy atom. The fourth-order valence-electron chi connectivity index (χ4n) is 2.03. The maximum Gasteiger partial charge on any atom is 0.796 e. The Bertz CT molecular complexity index is 584. The molecule has 0 amide bonds. The molecular formula is C16H14BF2O4. The van der Waals surface area contributed by atoms with Crippen molar-refractivity contribution in [3.63, 3.8) is 0 Å². The van der Waals surface area contributed by atoms with E-state index in [0.717, 1.165) is 5.92 Å². The number of hydrogen-bond acceptors (Lipinski definition) is 4. The van der Waals surface area contributed by atoms with E-state index >= 15 is 0 Å². The second-order valence-electron chi connectivity index (χ2n) is 4.50. The predicted octanol–water partition coefficient (Wildman–Crippen LogP) is 3.15. The van der Waals surface area contributed by atoms with Crippen molar-refractivity contribution in [2.75, 3.05) is 14.2 Å². The van der Waals surface area contributed by atoms with Crippen LogP contribution in [0.1, 0.15) is 10.4 Å². The van der Waals surface area contributed by atoms with E-state index in [4.69, 9.17) is 9.47 Å². The highest BCUT2D eigenvalue weighted by Gasteiger charge is 2.25. The van der Waals surface area contributed by atoms with Crippen molar-refractivity contribution in [3.05, 3.63) is 61.4 Å². The standard InChI is InChI=1S/C16H14BF2O4/c1-21-12-9-14(22-2)16(15(10-12)23-17(18)19)13(20)8-7-11-5-3-4-6-11/h3-10H,1-2H3/b8-7+. The number of methoxy groups -OCH3 is 2. The molecule has 0 aromatic heterocycles. The van der Waals surface area contributed by atoms with Gasteiger partial charge in [-0.3, -0.25) is 4.79 Å². The van der Waals surface area contributed by atoms with E-state index in [1.165, 1.54) is 32.4 Å². The smallest absolute Gasteiger partial charge is 0.504 e. The van der Waals surface area contributed by atoms with Gasteiger partial charge in [0.25, 0.3) is 0 Å². The fraction of sp³-hybridized carbons (Fsp3) is 0.125. The zero-order valence-corrected chi connectivity index (χ0v) is 12.6. The molecule has 0 unspecified atom stereocenters. The normalized spacial score (nSPS) is 15.0. The van der Waals surface area contributed by atoms with Crippen molar-refractivity contribution in [1.82, 2.24) is 0 Å². The molecule has 1 aromatic rings. The van der Waals surface area contributed by atoms with Gasteiger partial charge in [-0.1, -0.05) is 6.08 Å². The highest BCUT2D eigenvalue weighted by molar-refractivity contribution is 6.35. The molecule has 0 spiro atoms. The predicted molar refractivity (Wildman–Crippen MR) is 82.1 cm³/mol. The molecule has 1 aromatic carbocycles. The number of carbonyl (C=O) groups excluding carboxylic acids is 1. The van der Waals surface area contributed by atoms with E-state index in [1.54, 1.807) is 6.08 Å². The highest BCUT2D eigenvalue weighted by Crippen LogP contribution is 2.35. The van der Waals surface area contributed by atoms with Crippen LogP contribution in [0.4, 0.5) is 8.63 Å². The van der Waals surface area contributed by atoms with Crippen molar-refractivity contribution in [3.8, 4) is 17.2 Å². The molecule has 0 aliphatic heterocycles. The minimum Gasteiger partial charge on any atom is -0.504 e. The highest BCUT2D eigenvalue weighted by atomic mass is 19.2. The summed E-state index contributed by atoms with van der Waals surface area (Å²) in [6, 6.07) is 2.65. The molecular weight excluding hydrogens is 305 g/mol. The molecule has 119 valence electrons. The number of ether oxygens (including phenoxy) is 2. The molecule has 1 aliphatic carbocycles. The van der Waals surface area contributed by atoms with Crippen LogP contribution in [0.2, 0.25) is 0 Å². The first-order chi connectivity index (χ1) is 11.0. The zero-order valence-electron chi connectivity index (χ0n) is 12.6. The minimum absolute atomic E-state index is 0.0867. The van der Waals surface area contributed by atoms with E-state index in [0.29, 0.717) is 0 Å². The topological polar surface area (TPSA) is 44.8 Å². The molecule has 7 heteroatoms. The zero-order chi connectivity index (χ0) is 16.8. The molecule has 0 bridgehead atoms. The molecule has 1 aliphatic rings. The summed E-state index contributed by atoms with van der Waals surface area (Å²) >= 11 is 0. The Kier molecular flexibility index (Phi) is 6.01. The van der Waals surface area contributed by atoms with Crippen molar-refractivity contribution in [2.45, 2.75) is 0 Å². The Morgan fingerprint density at radius 3 is 2.30 bits per heavy atom. The largest absolute Gasteiger partial charge is 0.796 e.